The molecule has 23 heavy (non-hydrogen) atoms. The molecule has 0 aliphatic carbocycles. The van der Waals surface area contributed by atoms with Gasteiger partial charge in [0.2, 0.25) is 0 Å². The number of rotatable bonds is 7. The van der Waals surface area contributed by atoms with Gasteiger partial charge >= 0.3 is 5.97 Å². The van der Waals surface area contributed by atoms with Crippen LogP contribution < -0.4 is 10.1 Å². The third kappa shape index (κ3) is 4.20. The minimum atomic E-state index is -1.06. The largest absolute Gasteiger partial charge is 0.497 e. The van der Waals surface area contributed by atoms with Gasteiger partial charge in [0.25, 0.3) is 0 Å². The molecule has 0 radical (unpaired) electrons. The zero-order valence-corrected chi connectivity index (χ0v) is 13.3. The molecule has 1 aromatic heterocycles. The van der Waals surface area contributed by atoms with Crippen molar-refractivity contribution < 1.29 is 19.4 Å². The molecule has 2 rings (SSSR count). The summed E-state index contributed by atoms with van der Waals surface area (Å²) < 4.78 is 10.7. The fourth-order valence-electron chi connectivity index (χ4n) is 2.37. The van der Waals surface area contributed by atoms with Gasteiger partial charge in [0.1, 0.15) is 17.7 Å². The first kappa shape index (κ1) is 16.8. The number of aromatic carboxylic acids is 1. The maximum Gasteiger partial charge on any atom is 0.354 e. The summed E-state index contributed by atoms with van der Waals surface area (Å²) in [6, 6.07) is 12.3. The lowest BCUT2D eigenvalue weighted by atomic mass is 10.0. The van der Waals surface area contributed by atoms with E-state index in [0.717, 1.165) is 11.3 Å². The van der Waals surface area contributed by atoms with Crippen molar-refractivity contribution in [2.45, 2.75) is 19.1 Å². The zero-order chi connectivity index (χ0) is 16.8. The maximum absolute atomic E-state index is 11.0. The van der Waals surface area contributed by atoms with Gasteiger partial charge in [-0.3, -0.25) is 0 Å². The Bertz CT molecular complexity index is 658. The Morgan fingerprint density at radius 2 is 1.87 bits per heavy atom. The average Bonchev–Trinajstić information content (AvgIpc) is 2.56. The number of pyridine rings is 1. The number of methoxy groups -OCH3 is 2. The van der Waals surface area contributed by atoms with Crippen LogP contribution in [0.3, 0.4) is 0 Å². The summed E-state index contributed by atoms with van der Waals surface area (Å²) >= 11 is 0. The quantitative estimate of drug-likeness (QED) is 0.817. The first-order valence-electron chi connectivity index (χ1n) is 7.18. The summed E-state index contributed by atoms with van der Waals surface area (Å²) in [5, 5.41) is 12.2. The van der Waals surface area contributed by atoms with E-state index in [1.807, 2.05) is 31.2 Å². The molecule has 2 unspecified atom stereocenters. The van der Waals surface area contributed by atoms with E-state index in [-0.39, 0.29) is 17.8 Å². The minimum absolute atomic E-state index is 0.000569. The Morgan fingerprint density at radius 1 is 1.17 bits per heavy atom. The summed E-state index contributed by atoms with van der Waals surface area (Å²) in [6.45, 7) is 1.95. The maximum atomic E-state index is 11.0. The van der Waals surface area contributed by atoms with Crippen LogP contribution >= 0.6 is 0 Å². The van der Waals surface area contributed by atoms with Crippen molar-refractivity contribution in [2.24, 2.45) is 0 Å². The fourth-order valence-corrected chi connectivity index (χ4v) is 2.37. The third-order valence-corrected chi connectivity index (χ3v) is 3.50. The molecule has 0 aliphatic rings. The van der Waals surface area contributed by atoms with Gasteiger partial charge in [0.05, 0.1) is 13.2 Å². The Labute approximate surface area is 135 Å². The molecule has 6 nitrogen and oxygen atoms in total. The molecule has 2 N–H and O–H groups in total. The van der Waals surface area contributed by atoms with E-state index in [2.05, 4.69) is 10.3 Å². The normalized spacial score (nSPS) is 13.2. The monoisotopic (exact) mass is 316 g/mol. The molecule has 0 saturated carbocycles. The Kier molecular flexibility index (Phi) is 5.54. The second-order valence-electron chi connectivity index (χ2n) is 5.08. The van der Waals surface area contributed by atoms with Crippen LogP contribution in [0, 0.1) is 0 Å². The predicted octanol–water partition coefficient (Wildman–Crippen LogP) is 2.98. The predicted molar refractivity (Wildman–Crippen MR) is 87.0 cm³/mol. The second-order valence-corrected chi connectivity index (χ2v) is 5.08. The highest BCUT2D eigenvalue weighted by molar-refractivity contribution is 5.85. The van der Waals surface area contributed by atoms with Crippen molar-refractivity contribution >= 4 is 11.8 Å². The molecule has 0 saturated heterocycles. The number of carboxylic acid groups (broad SMARTS) is 1. The number of nitrogens with one attached hydrogen (secondary N) is 1. The molecule has 0 bridgehead atoms. The van der Waals surface area contributed by atoms with Gasteiger partial charge < -0.3 is 19.9 Å². The lowest BCUT2D eigenvalue weighted by Gasteiger charge is -2.24. The molecule has 0 amide bonds. The van der Waals surface area contributed by atoms with E-state index in [4.69, 9.17) is 14.6 Å². The highest BCUT2D eigenvalue weighted by atomic mass is 16.5. The van der Waals surface area contributed by atoms with Crippen LogP contribution in [0.15, 0.2) is 42.5 Å². The van der Waals surface area contributed by atoms with Crippen molar-refractivity contribution in [1.29, 1.82) is 0 Å². The van der Waals surface area contributed by atoms with Crippen LogP contribution in [0.25, 0.3) is 0 Å². The molecule has 1 heterocycles. The minimum Gasteiger partial charge on any atom is -0.497 e. The first-order valence-corrected chi connectivity index (χ1v) is 7.18. The van der Waals surface area contributed by atoms with Crippen LogP contribution in [-0.4, -0.2) is 36.3 Å². The van der Waals surface area contributed by atoms with Gasteiger partial charge in [-0.15, -0.1) is 0 Å². The topological polar surface area (TPSA) is 80.7 Å². The van der Waals surface area contributed by atoms with Crippen molar-refractivity contribution in [1.82, 2.24) is 4.98 Å². The standard InChI is InChI=1S/C17H20N2O4/c1-11(18-15-6-4-5-14(19-15)17(20)21)16(23-3)12-7-9-13(22-2)10-8-12/h4-11,16H,1-3H3,(H,18,19)(H,20,21). The summed E-state index contributed by atoms with van der Waals surface area (Å²) in [5.74, 6) is 0.216. The van der Waals surface area contributed by atoms with E-state index < -0.39 is 5.97 Å². The van der Waals surface area contributed by atoms with E-state index in [1.54, 1.807) is 26.4 Å². The summed E-state index contributed by atoms with van der Waals surface area (Å²) in [4.78, 5) is 15.0. The number of carboxylic acids is 1. The number of anilines is 1. The summed E-state index contributed by atoms with van der Waals surface area (Å²) in [6.07, 6.45) is -0.212. The number of hydrogen-bond donors (Lipinski definition) is 2. The number of ether oxygens (including phenoxy) is 2. The van der Waals surface area contributed by atoms with Gasteiger partial charge in [-0.25, -0.2) is 9.78 Å². The molecule has 122 valence electrons. The molecule has 0 aliphatic heterocycles. The second kappa shape index (κ2) is 7.60. The number of aromatic nitrogens is 1. The molecular weight excluding hydrogens is 296 g/mol. The van der Waals surface area contributed by atoms with Crippen LogP contribution in [0.2, 0.25) is 0 Å². The first-order chi connectivity index (χ1) is 11.0. The van der Waals surface area contributed by atoms with Crippen LogP contribution in [0.5, 0.6) is 5.75 Å². The van der Waals surface area contributed by atoms with Gasteiger partial charge in [-0.2, -0.15) is 0 Å². The van der Waals surface area contributed by atoms with Crippen molar-refractivity contribution in [3.8, 4) is 5.75 Å². The molecule has 2 atom stereocenters. The highest BCUT2D eigenvalue weighted by Gasteiger charge is 2.19. The van der Waals surface area contributed by atoms with E-state index in [1.165, 1.54) is 6.07 Å². The molecule has 1 aromatic carbocycles. The lowest BCUT2D eigenvalue weighted by molar-refractivity contribution is 0.0690. The Morgan fingerprint density at radius 3 is 2.43 bits per heavy atom. The van der Waals surface area contributed by atoms with Gasteiger partial charge in [-0.1, -0.05) is 18.2 Å². The number of carbonyl (C=O) groups is 1. The SMILES string of the molecule is COc1ccc(C(OC)C(C)Nc2cccc(C(=O)O)n2)cc1. The third-order valence-electron chi connectivity index (χ3n) is 3.50. The molecule has 2 aromatic rings. The summed E-state index contributed by atoms with van der Waals surface area (Å²) in [7, 11) is 3.25. The van der Waals surface area contributed by atoms with E-state index in [9.17, 15) is 4.79 Å². The average molecular weight is 316 g/mol. The number of benzene rings is 1. The van der Waals surface area contributed by atoms with E-state index >= 15 is 0 Å². The Hall–Kier alpha value is -2.60. The smallest absolute Gasteiger partial charge is 0.354 e. The van der Waals surface area contributed by atoms with Crippen molar-refractivity contribution in [2.75, 3.05) is 19.5 Å². The molecule has 0 spiro atoms. The summed E-state index contributed by atoms with van der Waals surface area (Å²) in [5.41, 5.74) is 0.989. The molecular formula is C17H20N2O4. The van der Waals surface area contributed by atoms with Crippen molar-refractivity contribution in [3.05, 3.63) is 53.7 Å². The Balaban J connectivity index is 2.14. The van der Waals surface area contributed by atoms with Gasteiger partial charge in [-0.05, 0) is 36.8 Å². The van der Waals surface area contributed by atoms with Gasteiger partial charge in [0, 0.05) is 7.11 Å². The van der Waals surface area contributed by atoms with Gasteiger partial charge in [0.15, 0.2) is 5.69 Å². The van der Waals surface area contributed by atoms with Crippen LogP contribution in [0.4, 0.5) is 5.82 Å². The zero-order valence-electron chi connectivity index (χ0n) is 13.3. The number of hydrogen-bond acceptors (Lipinski definition) is 5. The fraction of sp³-hybridized carbons (Fsp3) is 0.294. The van der Waals surface area contributed by atoms with Crippen LogP contribution in [0.1, 0.15) is 29.1 Å². The van der Waals surface area contributed by atoms with Crippen molar-refractivity contribution in [3.63, 3.8) is 0 Å². The highest BCUT2D eigenvalue weighted by Crippen LogP contribution is 2.25. The molecule has 0 fully saturated rings. The molecule has 6 heteroatoms. The number of nitrogens with zero attached hydrogens (tertiary/aromatic N) is 1. The lowest BCUT2D eigenvalue weighted by Crippen LogP contribution is -2.26. The van der Waals surface area contributed by atoms with Crippen LogP contribution in [-0.2, 0) is 4.74 Å². The van der Waals surface area contributed by atoms with E-state index in [0.29, 0.717) is 5.82 Å².